The van der Waals surface area contributed by atoms with E-state index >= 15 is 0 Å². The zero-order valence-electron chi connectivity index (χ0n) is 11.9. The standard InChI is InChI=1S/C18H17ClN2/c1-13(11-14-4-6-16(19)7-5-14)21-17-8-9-18-15(12-17)3-2-10-20-18/h2-10,12-13,21H,11H2,1H3. The van der Waals surface area contributed by atoms with Gasteiger partial charge >= 0.3 is 0 Å². The highest BCUT2D eigenvalue weighted by Gasteiger charge is 2.04. The van der Waals surface area contributed by atoms with Gasteiger partial charge in [-0.25, -0.2) is 0 Å². The number of rotatable bonds is 4. The van der Waals surface area contributed by atoms with Crippen molar-refractivity contribution in [1.82, 2.24) is 4.98 Å². The van der Waals surface area contributed by atoms with Gasteiger partial charge in [-0.3, -0.25) is 4.98 Å². The maximum Gasteiger partial charge on any atom is 0.0703 e. The first kappa shape index (κ1) is 13.9. The average molecular weight is 297 g/mol. The molecule has 2 nitrogen and oxygen atoms in total. The van der Waals surface area contributed by atoms with E-state index in [-0.39, 0.29) is 0 Å². The number of halogens is 1. The molecule has 1 aromatic heterocycles. The quantitative estimate of drug-likeness (QED) is 0.738. The predicted octanol–water partition coefficient (Wildman–Crippen LogP) is 4.93. The number of nitrogens with zero attached hydrogens (tertiary/aromatic N) is 1. The van der Waals surface area contributed by atoms with Crippen LogP contribution in [-0.2, 0) is 6.42 Å². The highest BCUT2D eigenvalue weighted by Crippen LogP contribution is 2.19. The zero-order chi connectivity index (χ0) is 14.7. The Hall–Kier alpha value is -2.06. The van der Waals surface area contributed by atoms with E-state index < -0.39 is 0 Å². The lowest BCUT2D eigenvalue weighted by molar-refractivity contribution is 0.790. The molecule has 0 amide bonds. The summed E-state index contributed by atoms with van der Waals surface area (Å²) in [6.45, 7) is 2.18. The molecule has 0 bridgehead atoms. The molecule has 3 heteroatoms. The summed E-state index contributed by atoms with van der Waals surface area (Å²) in [5.74, 6) is 0. The number of hydrogen-bond donors (Lipinski definition) is 1. The molecule has 0 spiro atoms. The van der Waals surface area contributed by atoms with Crippen LogP contribution in [0.1, 0.15) is 12.5 Å². The van der Waals surface area contributed by atoms with Crippen molar-refractivity contribution in [3.8, 4) is 0 Å². The van der Waals surface area contributed by atoms with Crippen molar-refractivity contribution in [3.63, 3.8) is 0 Å². The van der Waals surface area contributed by atoms with Gasteiger partial charge in [0, 0.05) is 28.3 Å². The Morgan fingerprint density at radius 1 is 1.10 bits per heavy atom. The highest BCUT2D eigenvalue weighted by atomic mass is 35.5. The SMILES string of the molecule is CC(Cc1ccc(Cl)cc1)Nc1ccc2ncccc2c1. The third kappa shape index (κ3) is 3.53. The van der Waals surface area contributed by atoms with Crippen LogP contribution in [0.3, 0.4) is 0 Å². The molecular formula is C18H17ClN2. The van der Waals surface area contributed by atoms with Crippen LogP contribution >= 0.6 is 11.6 Å². The number of pyridine rings is 1. The number of anilines is 1. The summed E-state index contributed by atoms with van der Waals surface area (Å²) in [4.78, 5) is 4.34. The van der Waals surface area contributed by atoms with Crippen LogP contribution in [0.5, 0.6) is 0 Å². The van der Waals surface area contributed by atoms with Crippen molar-refractivity contribution in [2.75, 3.05) is 5.32 Å². The molecule has 0 aliphatic carbocycles. The number of nitrogens with one attached hydrogen (secondary N) is 1. The number of benzene rings is 2. The highest BCUT2D eigenvalue weighted by molar-refractivity contribution is 6.30. The molecule has 0 fully saturated rings. The van der Waals surface area contributed by atoms with E-state index in [2.05, 4.69) is 47.6 Å². The molecular weight excluding hydrogens is 280 g/mol. The predicted molar refractivity (Wildman–Crippen MR) is 90.0 cm³/mol. The number of hydrogen-bond acceptors (Lipinski definition) is 2. The molecule has 0 saturated heterocycles. The first-order valence-electron chi connectivity index (χ1n) is 7.06. The summed E-state index contributed by atoms with van der Waals surface area (Å²) < 4.78 is 0. The van der Waals surface area contributed by atoms with Gasteiger partial charge in [0.1, 0.15) is 0 Å². The second-order valence-electron chi connectivity index (χ2n) is 5.29. The molecule has 0 aliphatic rings. The van der Waals surface area contributed by atoms with Crippen molar-refractivity contribution in [2.45, 2.75) is 19.4 Å². The lowest BCUT2D eigenvalue weighted by atomic mass is 10.1. The summed E-state index contributed by atoms with van der Waals surface area (Å²) in [5, 5.41) is 5.47. The van der Waals surface area contributed by atoms with E-state index in [4.69, 9.17) is 11.6 Å². The molecule has 2 aromatic carbocycles. The minimum atomic E-state index is 0.347. The third-order valence-corrected chi connectivity index (χ3v) is 3.72. The van der Waals surface area contributed by atoms with Crippen LogP contribution in [-0.4, -0.2) is 11.0 Å². The summed E-state index contributed by atoms with van der Waals surface area (Å²) in [5.41, 5.74) is 3.42. The molecule has 1 heterocycles. The lowest BCUT2D eigenvalue weighted by Gasteiger charge is -2.16. The topological polar surface area (TPSA) is 24.9 Å². The van der Waals surface area contributed by atoms with E-state index in [0.717, 1.165) is 28.0 Å². The van der Waals surface area contributed by atoms with E-state index in [9.17, 15) is 0 Å². The largest absolute Gasteiger partial charge is 0.382 e. The van der Waals surface area contributed by atoms with Crippen LogP contribution in [0.25, 0.3) is 10.9 Å². The Morgan fingerprint density at radius 3 is 2.71 bits per heavy atom. The van der Waals surface area contributed by atoms with Gasteiger partial charge in [0.2, 0.25) is 0 Å². The summed E-state index contributed by atoms with van der Waals surface area (Å²) in [7, 11) is 0. The fraction of sp³-hybridized carbons (Fsp3) is 0.167. The van der Waals surface area contributed by atoms with Gasteiger partial charge in [0.25, 0.3) is 0 Å². The molecule has 1 N–H and O–H groups in total. The van der Waals surface area contributed by atoms with E-state index in [1.807, 2.05) is 30.5 Å². The van der Waals surface area contributed by atoms with Gasteiger partial charge in [-0.2, -0.15) is 0 Å². The van der Waals surface area contributed by atoms with E-state index in [1.165, 1.54) is 5.56 Å². The van der Waals surface area contributed by atoms with E-state index in [0.29, 0.717) is 6.04 Å². The van der Waals surface area contributed by atoms with Crippen molar-refractivity contribution in [3.05, 3.63) is 71.4 Å². The van der Waals surface area contributed by atoms with Crippen LogP contribution in [0.15, 0.2) is 60.8 Å². The third-order valence-electron chi connectivity index (χ3n) is 3.47. The smallest absolute Gasteiger partial charge is 0.0703 e. The Bertz CT molecular complexity index is 738. The fourth-order valence-electron chi connectivity index (χ4n) is 2.47. The van der Waals surface area contributed by atoms with Gasteiger partial charge in [0.15, 0.2) is 0 Å². The Balaban J connectivity index is 1.70. The molecule has 0 aliphatic heterocycles. The summed E-state index contributed by atoms with van der Waals surface area (Å²) >= 11 is 5.91. The van der Waals surface area contributed by atoms with Gasteiger partial charge < -0.3 is 5.32 Å². The van der Waals surface area contributed by atoms with Gasteiger partial charge in [-0.05, 0) is 55.3 Å². The van der Waals surface area contributed by atoms with Crippen LogP contribution in [0.4, 0.5) is 5.69 Å². The second-order valence-corrected chi connectivity index (χ2v) is 5.72. The fourth-order valence-corrected chi connectivity index (χ4v) is 2.60. The minimum absolute atomic E-state index is 0.347. The van der Waals surface area contributed by atoms with Crippen molar-refractivity contribution >= 4 is 28.2 Å². The van der Waals surface area contributed by atoms with Gasteiger partial charge in [-0.15, -0.1) is 0 Å². The van der Waals surface area contributed by atoms with Crippen molar-refractivity contribution in [1.29, 1.82) is 0 Å². The zero-order valence-corrected chi connectivity index (χ0v) is 12.6. The lowest BCUT2D eigenvalue weighted by Crippen LogP contribution is -2.17. The van der Waals surface area contributed by atoms with E-state index in [1.54, 1.807) is 0 Å². The Kier molecular flexibility index (Phi) is 4.07. The molecule has 3 aromatic rings. The molecule has 1 atom stereocenters. The molecule has 1 unspecified atom stereocenters. The second kappa shape index (κ2) is 6.15. The number of aromatic nitrogens is 1. The molecule has 21 heavy (non-hydrogen) atoms. The Morgan fingerprint density at radius 2 is 1.90 bits per heavy atom. The van der Waals surface area contributed by atoms with Crippen LogP contribution in [0.2, 0.25) is 5.02 Å². The molecule has 106 valence electrons. The first-order chi connectivity index (χ1) is 10.2. The summed E-state index contributed by atoms with van der Waals surface area (Å²) in [6.07, 6.45) is 2.78. The Labute approximate surface area is 129 Å². The maximum atomic E-state index is 5.91. The molecule has 0 saturated carbocycles. The average Bonchev–Trinajstić information content (AvgIpc) is 2.49. The van der Waals surface area contributed by atoms with Gasteiger partial charge in [-0.1, -0.05) is 29.8 Å². The van der Waals surface area contributed by atoms with Crippen molar-refractivity contribution < 1.29 is 0 Å². The minimum Gasteiger partial charge on any atom is -0.382 e. The first-order valence-corrected chi connectivity index (χ1v) is 7.44. The molecule has 3 rings (SSSR count). The van der Waals surface area contributed by atoms with Gasteiger partial charge in [0.05, 0.1) is 5.52 Å². The van der Waals surface area contributed by atoms with Crippen LogP contribution < -0.4 is 5.32 Å². The maximum absolute atomic E-state index is 5.91. The normalized spacial score (nSPS) is 12.3. The number of fused-ring (bicyclic) bond motifs is 1. The van der Waals surface area contributed by atoms with Crippen molar-refractivity contribution in [2.24, 2.45) is 0 Å². The monoisotopic (exact) mass is 296 g/mol. The molecule has 0 radical (unpaired) electrons. The van der Waals surface area contributed by atoms with Crippen LogP contribution in [0, 0.1) is 0 Å². The summed E-state index contributed by atoms with van der Waals surface area (Å²) in [6, 6.07) is 18.7.